The number of carboxylic acids is 1. The highest BCUT2D eigenvalue weighted by atomic mass is 33.1. The highest BCUT2D eigenvalue weighted by Gasteiger charge is 2.20. The molecule has 0 aromatic carbocycles. The van der Waals surface area contributed by atoms with E-state index in [1.54, 1.807) is 21.6 Å². The lowest BCUT2D eigenvalue weighted by molar-refractivity contribution is -0.137. The van der Waals surface area contributed by atoms with Gasteiger partial charge < -0.3 is 15.3 Å². The second kappa shape index (κ2) is 11.2. The minimum Gasteiger partial charge on any atom is -0.481 e. The van der Waals surface area contributed by atoms with E-state index in [9.17, 15) is 4.79 Å². The Morgan fingerprint density at radius 1 is 1.12 bits per heavy atom. The molecule has 1 aliphatic rings. The molecule has 0 aromatic rings. The van der Waals surface area contributed by atoms with E-state index >= 15 is 0 Å². The largest absolute Gasteiger partial charge is 0.481 e. The van der Waals surface area contributed by atoms with Crippen LogP contribution in [0.15, 0.2) is 0 Å². The van der Waals surface area contributed by atoms with Gasteiger partial charge in [-0.2, -0.15) is 0 Å². The molecule has 3 N–H and O–H groups in total. The number of aliphatic hydroxyl groups excluding tert-OH is 2. The van der Waals surface area contributed by atoms with Gasteiger partial charge in [0.1, 0.15) is 0 Å². The first-order chi connectivity index (χ1) is 8.07. The molecule has 102 valence electrons. The lowest BCUT2D eigenvalue weighted by Crippen LogP contribution is -2.32. The number of unbranched alkanes of at least 4 members (excludes halogenated alkanes) is 3. The van der Waals surface area contributed by atoms with Crippen LogP contribution in [0.25, 0.3) is 0 Å². The Bertz CT molecular complexity index is 192. The molecule has 1 aliphatic heterocycles. The maximum absolute atomic E-state index is 9.96. The SMILES string of the molecule is CCCCCCC(=O)O.O[C@H]1CSSC[C@@H]1O. The van der Waals surface area contributed by atoms with E-state index in [4.69, 9.17) is 15.3 Å². The van der Waals surface area contributed by atoms with Crippen molar-refractivity contribution >= 4 is 27.6 Å². The molecular weight excluding hydrogens is 260 g/mol. The summed E-state index contributed by atoms with van der Waals surface area (Å²) in [5, 5.41) is 26.0. The van der Waals surface area contributed by atoms with Crippen molar-refractivity contribution in [2.75, 3.05) is 11.5 Å². The topological polar surface area (TPSA) is 77.8 Å². The standard InChI is InChI=1S/C7H14O2.C4H8O2S2/c1-2-3-4-5-6-7(8)9;5-3-1-7-8-2-4(3)6/h2-6H2,1H3,(H,8,9);3-6H,1-2H2/t;3-,4-/m.0/s1. The summed E-state index contributed by atoms with van der Waals surface area (Å²) in [6.07, 6.45) is 3.56. The number of hydrogen-bond acceptors (Lipinski definition) is 5. The van der Waals surface area contributed by atoms with Gasteiger partial charge in [-0.25, -0.2) is 0 Å². The summed E-state index contributed by atoms with van der Waals surface area (Å²) in [5.74, 6) is 0.642. The van der Waals surface area contributed by atoms with Crippen molar-refractivity contribution < 1.29 is 20.1 Å². The van der Waals surface area contributed by atoms with Gasteiger partial charge in [0.15, 0.2) is 0 Å². The molecule has 1 saturated heterocycles. The molecule has 0 spiro atoms. The van der Waals surface area contributed by atoms with E-state index in [2.05, 4.69) is 6.92 Å². The first-order valence-electron chi connectivity index (χ1n) is 5.90. The second-order valence-electron chi connectivity index (χ2n) is 3.91. The normalized spacial score (nSPS) is 23.7. The van der Waals surface area contributed by atoms with Crippen molar-refractivity contribution in [1.82, 2.24) is 0 Å². The zero-order valence-corrected chi connectivity index (χ0v) is 11.8. The molecule has 0 amide bonds. The van der Waals surface area contributed by atoms with E-state index in [1.807, 2.05) is 0 Å². The first-order valence-corrected chi connectivity index (χ1v) is 8.39. The number of carboxylic acid groups (broad SMARTS) is 1. The summed E-state index contributed by atoms with van der Waals surface area (Å²) in [7, 11) is 3.23. The van der Waals surface area contributed by atoms with E-state index in [0.29, 0.717) is 17.9 Å². The fourth-order valence-corrected chi connectivity index (χ4v) is 3.49. The molecule has 0 unspecified atom stereocenters. The smallest absolute Gasteiger partial charge is 0.303 e. The fourth-order valence-electron chi connectivity index (χ4n) is 1.16. The first kappa shape index (κ1) is 17.1. The van der Waals surface area contributed by atoms with Crippen molar-refractivity contribution in [2.24, 2.45) is 0 Å². The number of rotatable bonds is 5. The monoisotopic (exact) mass is 282 g/mol. The zero-order valence-electron chi connectivity index (χ0n) is 10.2. The highest BCUT2D eigenvalue weighted by molar-refractivity contribution is 8.76. The number of carbonyl (C=O) groups is 1. The predicted octanol–water partition coefficient (Wildman–Crippen LogP) is 2.14. The van der Waals surface area contributed by atoms with E-state index in [0.717, 1.165) is 19.3 Å². The minimum atomic E-state index is -0.675. The molecule has 4 nitrogen and oxygen atoms in total. The molecule has 0 aliphatic carbocycles. The highest BCUT2D eigenvalue weighted by Crippen LogP contribution is 2.29. The molecule has 0 saturated carbocycles. The maximum atomic E-state index is 9.96. The molecule has 1 rings (SSSR count). The number of aliphatic carboxylic acids is 1. The molecule has 0 aromatic heterocycles. The average Bonchev–Trinajstić information content (AvgIpc) is 2.29. The Balaban J connectivity index is 0.000000302. The summed E-state index contributed by atoms with van der Waals surface area (Å²) >= 11 is 0. The van der Waals surface area contributed by atoms with Gasteiger partial charge in [0.2, 0.25) is 0 Å². The lowest BCUT2D eigenvalue weighted by Gasteiger charge is -2.20. The van der Waals surface area contributed by atoms with Crippen molar-refractivity contribution in [3.63, 3.8) is 0 Å². The van der Waals surface area contributed by atoms with E-state index in [-0.39, 0.29) is 0 Å². The molecule has 1 fully saturated rings. The second-order valence-corrected chi connectivity index (χ2v) is 6.46. The van der Waals surface area contributed by atoms with Gasteiger partial charge in [0.25, 0.3) is 0 Å². The van der Waals surface area contributed by atoms with Crippen molar-refractivity contribution in [2.45, 2.75) is 51.2 Å². The van der Waals surface area contributed by atoms with Crippen LogP contribution in [0, 0.1) is 0 Å². The Morgan fingerprint density at radius 3 is 2.00 bits per heavy atom. The fraction of sp³-hybridized carbons (Fsp3) is 0.909. The Kier molecular flexibility index (Phi) is 11.3. The van der Waals surface area contributed by atoms with Crippen molar-refractivity contribution in [1.29, 1.82) is 0 Å². The Labute approximate surface area is 111 Å². The van der Waals surface area contributed by atoms with Crippen molar-refractivity contribution in [3.05, 3.63) is 0 Å². The Hall–Kier alpha value is 0.0900. The van der Waals surface area contributed by atoms with Gasteiger partial charge in [-0.1, -0.05) is 47.8 Å². The number of aliphatic hydroxyl groups is 2. The van der Waals surface area contributed by atoms with Crippen LogP contribution in [-0.4, -0.2) is 45.0 Å². The molecule has 17 heavy (non-hydrogen) atoms. The maximum Gasteiger partial charge on any atom is 0.303 e. The van der Waals surface area contributed by atoms with Crippen LogP contribution in [0.5, 0.6) is 0 Å². The quantitative estimate of drug-likeness (QED) is 0.530. The third-order valence-corrected chi connectivity index (χ3v) is 4.69. The van der Waals surface area contributed by atoms with Gasteiger partial charge in [-0.15, -0.1) is 0 Å². The zero-order chi connectivity index (χ0) is 13.1. The number of hydrogen-bond donors (Lipinski definition) is 3. The third kappa shape index (κ3) is 10.9. The summed E-state index contributed by atoms with van der Waals surface area (Å²) in [6.45, 7) is 2.11. The van der Waals surface area contributed by atoms with E-state index < -0.39 is 18.2 Å². The third-order valence-electron chi connectivity index (χ3n) is 2.25. The van der Waals surface area contributed by atoms with Crippen molar-refractivity contribution in [3.8, 4) is 0 Å². The molecular formula is C11H22O4S2. The molecule has 0 radical (unpaired) electrons. The predicted molar refractivity (Wildman–Crippen MR) is 73.3 cm³/mol. The lowest BCUT2D eigenvalue weighted by atomic mass is 10.2. The molecule has 1 heterocycles. The van der Waals surface area contributed by atoms with Crippen LogP contribution in [0.3, 0.4) is 0 Å². The summed E-state index contributed by atoms with van der Waals surface area (Å²) < 4.78 is 0. The van der Waals surface area contributed by atoms with Gasteiger partial charge in [0, 0.05) is 17.9 Å². The molecule has 6 heteroatoms. The molecule has 0 bridgehead atoms. The summed E-state index contributed by atoms with van der Waals surface area (Å²) in [4.78, 5) is 9.96. The van der Waals surface area contributed by atoms with Crippen LogP contribution in [-0.2, 0) is 4.79 Å². The summed E-state index contributed by atoms with van der Waals surface area (Å²) in [5.41, 5.74) is 0. The van der Waals surface area contributed by atoms with Gasteiger partial charge in [-0.05, 0) is 6.42 Å². The van der Waals surface area contributed by atoms with Crippen LogP contribution in [0.4, 0.5) is 0 Å². The van der Waals surface area contributed by atoms with Gasteiger partial charge in [0.05, 0.1) is 12.2 Å². The Morgan fingerprint density at radius 2 is 1.65 bits per heavy atom. The minimum absolute atomic E-state index is 0.333. The van der Waals surface area contributed by atoms with E-state index in [1.165, 1.54) is 6.42 Å². The average molecular weight is 282 g/mol. The molecule has 2 atom stereocenters. The summed E-state index contributed by atoms with van der Waals surface area (Å²) in [6, 6.07) is 0. The van der Waals surface area contributed by atoms with Crippen LogP contribution in [0.1, 0.15) is 39.0 Å². The van der Waals surface area contributed by atoms with Gasteiger partial charge >= 0.3 is 5.97 Å². The van der Waals surface area contributed by atoms with Crippen LogP contribution < -0.4 is 0 Å². The van der Waals surface area contributed by atoms with Crippen LogP contribution in [0.2, 0.25) is 0 Å². The van der Waals surface area contributed by atoms with Gasteiger partial charge in [-0.3, -0.25) is 4.79 Å². The van der Waals surface area contributed by atoms with Crippen LogP contribution >= 0.6 is 21.6 Å².